The summed E-state index contributed by atoms with van der Waals surface area (Å²) in [5, 5.41) is 6.77. The number of aromatic nitrogens is 4. The summed E-state index contributed by atoms with van der Waals surface area (Å²) in [6, 6.07) is 5.42. The third-order valence-electron chi connectivity index (χ3n) is 3.27. The highest BCUT2D eigenvalue weighted by atomic mass is 19.1. The molecule has 3 aromatic rings. The Bertz CT molecular complexity index is 817. The van der Waals surface area contributed by atoms with Crippen molar-refractivity contribution in [1.29, 1.82) is 0 Å². The number of carbonyl (C=O) groups is 1. The second kappa shape index (κ2) is 7.56. The van der Waals surface area contributed by atoms with Crippen molar-refractivity contribution in [2.24, 2.45) is 0 Å². The molecule has 3 rings (SSSR count). The molecule has 1 N–H and O–H groups in total. The van der Waals surface area contributed by atoms with Crippen molar-refractivity contribution in [2.45, 2.75) is 26.1 Å². The highest BCUT2D eigenvalue weighted by Crippen LogP contribution is 2.13. The van der Waals surface area contributed by atoms with Crippen molar-refractivity contribution in [2.75, 3.05) is 0 Å². The summed E-state index contributed by atoms with van der Waals surface area (Å²) < 4.78 is 25.1. The first kappa shape index (κ1) is 16.6. The molecule has 25 heavy (non-hydrogen) atoms. The van der Waals surface area contributed by atoms with E-state index in [4.69, 9.17) is 9.15 Å². The van der Waals surface area contributed by atoms with E-state index in [1.165, 1.54) is 36.9 Å². The lowest BCUT2D eigenvalue weighted by atomic mass is 10.3. The minimum absolute atomic E-state index is 0.0351. The summed E-state index contributed by atoms with van der Waals surface area (Å²) in [5.41, 5.74) is 0.156. The first-order valence-electron chi connectivity index (χ1n) is 7.56. The van der Waals surface area contributed by atoms with Gasteiger partial charge in [-0.15, -0.1) is 0 Å². The minimum atomic E-state index is -0.357. The SMILES string of the molecule is CC(Cn1cncn1)NC(=O)c1coc(COc2ccc(F)cc2)n1. The van der Waals surface area contributed by atoms with Crippen molar-refractivity contribution in [1.82, 2.24) is 25.1 Å². The van der Waals surface area contributed by atoms with Gasteiger partial charge < -0.3 is 14.5 Å². The number of halogens is 1. The van der Waals surface area contributed by atoms with E-state index in [-0.39, 0.29) is 36.0 Å². The van der Waals surface area contributed by atoms with Gasteiger partial charge >= 0.3 is 0 Å². The molecule has 0 aliphatic rings. The summed E-state index contributed by atoms with van der Waals surface area (Å²) in [5.74, 6) is 0.0253. The summed E-state index contributed by atoms with van der Waals surface area (Å²) >= 11 is 0. The maximum absolute atomic E-state index is 12.8. The molecule has 2 aromatic heterocycles. The Kier molecular flexibility index (Phi) is 5.03. The predicted molar refractivity (Wildman–Crippen MR) is 84.2 cm³/mol. The summed E-state index contributed by atoms with van der Waals surface area (Å²) in [7, 11) is 0. The Morgan fingerprint density at radius 2 is 2.20 bits per heavy atom. The monoisotopic (exact) mass is 345 g/mol. The van der Waals surface area contributed by atoms with Gasteiger partial charge in [0.05, 0.1) is 6.54 Å². The van der Waals surface area contributed by atoms with Gasteiger partial charge in [-0.05, 0) is 31.2 Å². The van der Waals surface area contributed by atoms with Crippen LogP contribution < -0.4 is 10.1 Å². The molecule has 0 fully saturated rings. The molecule has 0 radical (unpaired) electrons. The average Bonchev–Trinajstić information content (AvgIpc) is 3.26. The quantitative estimate of drug-likeness (QED) is 0.702. The topological polar surface area (TPSA) is 95.1 Å². The fraction of sp³-hybridized carbons (Fsp3) is 0.250. The van der Waals surface area contributed by atoms with E-state index < -0.39 is 0 Å². The molecule has 0 saturated heterocycles. The van der Waals surface area contributed by atoms with Crippen LogP contribution in [-0.4, -0.2) is 31.7 Å². The Balaban J connectivity index is 1.51. The van der Waals surface area contributed by atoms with Crippen molar-refractivity contribution in [3.8, 4) is 5.75 Å². The van der Waals surface area contributed by atoms with Crippen molar-refractivity contribution in [3.63, 3.8) is 0 Å². The lowest BCUT2D eigenvalue weighted by Crippen LogP contribution is -2.36. The molecule has 0 aliphatic carbocycles. The van der Waals surface area contributed by atoms with Gasteiger partial charge in [-0.1, -0.05) is 0 Å². The van der Waals surface area contributed by atoms with Crippen LogP contribution in [0.5, 0.6) is 5.75 Å². The van der Waals surface area contributed by atoms with Gasteiger partial charge in [0.25, 0.3) is 5.91 Å². The Morgan fingerprint density at radius 1 is 1.40 bits per heavy atom. The molecule has 1 amide bonds. The minimum Gasteiger partial charge on any atom is -0.484 e. The third-order valence-corrected chi connectivity index (χ3v) is 3.27. The number of rotatable bonds is 7. The molecule has 0 aliphatic heterocycles. The number of hydrogen-bond acceptors (Lipinski definition) is 6. The molecule has 8 nitrogen and oxygen atoms in total. The van der Waals surface area contributed by atoms with Gasteiger partial charge in [-0.25, -0.2) is 14.4 Å². The fourth-order valence-electron chi connectivity index (χ4n) is 2.11. The molecule has 0 spiro atoms. The average molecular weight is 345 g/mol. The van der Waals surface area contributed by atoms with E-state index in [0.29, 0.717) is 12.3 Å². The summed E-state index contributed by atoms with van der Waals surface area (Å²) in [4.78, 5) is 20.1. The smallest absolute Gasteiger partial charge is 0.273 e. The molecule has 130 valence electrons. The standard InChI is InChI=1S/C16H16FN5O3/c1-11(6-22-10-18-9-19-22)20-16(23)14-7-25-15(21-14)8-24-13-4-2-12(17)3-5-13/h2-5,7,9-11H,6,8H2,1H3,(H,20,23). The summed E-state index contributed by atoms with van der Waals surface area (Å²) in [6.07, 6.45) is 4.27. The highest BCUT2D eigenvalue weighted by molar-refractivity contribution is 5.92. The van der Waals surface area contributed by atoms with Crippen LogP contribution >= 0.6 is 0 Å². The number of amides is 1. The van der Waals surface area contributed by atoms with Crippen molar-refractivity contribution < 1.29 is 18.3 Å². The lowest BCUT2D eigenvalue weighted by molar-refractivity contribution is 0.0931. The van der Waals surface area contributed by atoms with Crippen LogP contribution in [-0.2, 0) is 13.2 Å². The Labute approximate surface area is 142 Å². The number of benzene rings is 1. The summed E-state index contributed by atoms with van der Waals surface area (Å²) in [6.45, 7) is 2.37. The van der Waals surface area contributed by atoms with Crippen molar-refractivity contribution >= 4 is 5.91 Å². The zero-order chi connectivity index (χ0) is 17.6. The van der Waals surface area contributed by atoms with Gasteiger partial charge in [0.2, 0.25) is 5.89 Å². The number of nitrogens with zero attached hydrogens (tertiary/aromatic N) is 4. The van der Waals surface area contributed by atoms with E-state index in [1.54, 1.807) is 11.0 Å². The van der Waals surface area contributed by atoms with Gasteiger partial charge in [-0.2, -0.15) is 5.10 Å². The van der Waals surface area contributed by atoms with Crippen LogP contribution in [0.4, 0.5) is 4.39 Å². The molecular formula is C16H16FN5O3. The van der Waals surface area contributed by atoms with Crippen LogP contribution in [0, 0.1) is 5.82 Å². The van der Waals surface area contributed by atoms with E-state index in [1.807, 2.05) is 6.92 Å². The molecule has 1 aromatic carbocycles. The van der Waals surface area contributed by atoms with Gasteiger partial charge in [0.15, 0.2) is 12.3 Å². The fourth-order valence-corrected chi connectivity index (χ4v) is 2.11. The third kappa shape index (κ3) is 4.63. The molecule has 0 saturated carbocycles. The van der Waals surface area contributed by atoms with Crippen LogP contribution in [0.2, 0.25) is 0 Å². The van der Waals surface area contributed by atoms with E-state index >= 15 is 0 Å². The van der Waals surface area contributed by atoms with Crippen LogP contribution in [0.15, 0.2) is 47.6 Å². The molecule has 9 heteroatoms. The van der Waals surface area contributed by atoms with E-state index in [0.717, 1.165) is 0 Å². The second-order valence-electron chi connectivity index (χ2n) is 5.36. The first-order valence-corrected chi connectivity index (χ1v) is 7.56. The first-order chi connectivity index (χ1) is 12.1. The molecular weight excluding hydrogens is 329 g/mol. The number of carbonyl (C=O) groups excluding carboxylic acids is 1. The molecule has 1 atom stereocenters. The highest BCUT2D eigenvalue weighted by Gasteiger charge is 2.15. The number of oxazole rings is 1. The zero-order valence-corrected chi connectivity index (χ0v) is 13.4. The normalized spacial score (nSPS) is 11.9. The second-order valence-corrected chi connectivity index (χ2v) is 5.36. The van der Waals surface area contributed by atoms with Crippen LogP contribution in [0.25, 0.3) is 0 Å². The van der Waals surface area contributed by atoms with E-state index in [2.05, 4.69) is 20.4 Å². The Morgan fingerprint density at radius 3 is 2.92 bits per heavy atom. The van der Waals surface area contributed by atoms with Gasteiger partial charge in [0.1, 0.15) is 30.5 Å². The largest absolute Gasteiger partial charge is 0.484 e. The van der Waals surface area contributed by atoms with Crippen LogP contribution in [0.3, 0.4) is 0 Å². The zero-order valence-electron chi connectivity index (χ0n) is 13.4. The predicted octanol–water partition coefficient (Wildman–Crippen LogP) is 1.80. The van der Waals surface area contributed by atoms with Crippen molar-refractivity contribution in [3.05, 3.63) is 60.6 Å². The number of hydrogen-bond donors (Lipinski definition) is 1. The number of ether oxygens (including phenoxy) is 1. The maximum atomic E-state index is 12.8. The molecule has 0 bridgehead atoms. The maximum Gasteiger partial charge on any atom is 0.273 e. The Hall–Kier alpha value is -3.23. The molecule has 2 heterocycles. The molecule has 1 unspecified atom stereocenters. The number of nitrogens with one attached hydrogen (secondary N) is 1. The lowest BCUT2D eigenvalue weighted by Gasteiger charge is -2.12. The van der Waals surface area contributed by atoms with Crippen LogP contribution in [0.1, 0.15) is 23.3 Å². The van der Waals surface area contributed by atoms with Gasteiger partial charge in [-0.3, -0.25) is 9.48 Å². The van der Waals surface area contributed by atoms with E-state index in [9.17, 15) is 9.18 Å². The van der Waals surface area contributed by atoms with Gasteiger partial charge in [0, 0.05) is 6.04 Å².